The maximum Gasteiger partial charge on any atom is 0.153 e. The van der Waals surface area contributed by atoms with E-state index in [9.17, 15) is 5.11 Å². The average molecular weight is 425 g/mol. The number of nitrogens with zero attached hydrogens (tertiary/aromatic N) is 4. The summed E-state index contributed by atoms with van der Waals surface area (Å²) < 4.78 is 1.83. The first-order valence-electron chi connectivity index (χ1n) is 10.3. The second kappa shape index (κ2) is 6.96. The monoisotopic (exact) mass is 424 g/mol. The Morgan fingerprint density at radius 2 is 2.00 bits per heavy atom. The van der Waals surface area contributed by atoms with Crippen molar-refractivity contribution in [3.63, 3.8) is 0 Å². The molecule has 0 amide bonds. The van der Waals surface area contributed by atoms with Crippen molar-refractivity contribution >= 4 is 33.8 Å². The normalized spacial score (nSPS) is 20.3. The Kier molecular flexibility index (Phi) is 4.48. The van der Waals surface area contributed by atoms with Gasteiger partial charge < -0.3 is 15.8 Å². The number of para-hydroxylation sites is 1. The molecule has 0 unspecified atom stereocenters. The number of hydrogen-bond acceptors (Lipinski definition) is 5. The van der Waals surface area contributed by atoms with Crippen LogP contribution in [-0.4, -0.2) is 35.3 Å². The number of anilines is 1. The zero-order chi connectivity index (χ0) is 21.0. The van der Waals surface area contributed by atoms with Crippen molar-refractivity contribution in [2.45, 2.75) is 51.0 Å². The Morgan fingerprint density at radius 1 is 1.23 bits per heavy atom. The third-order valence-corrected chi connectivity index (χ3v) is 6.75. The maximum atomic E-state index is 10.4. The van der Waals surface area contributed by atoms with E-state index in [-0.39, 0.29) is 5.92 Å². The Labute approximate surface area is 179 Å². The van der Waals surface area contributed by atoms with Crippen LogP contribution in [0.25, 0.3) is 27.8 Å². The van der Waals surface area contributed by atoms with Gasteiger partial charge in [-0.2, -0.15) is 5.10 Å². The van der Waals surface area contributed by atoms with Crippen LogP contribution in [-0.2, 0) is 0 Å². The van der Waals surface area contributed by atoms with Gasteiger partial charge in [0.25, 0.3) is 0 Å². The fourth-order valence-electron chi connectivity index (χ4n) is 4.73. The van der Waals surface area contributed by atoms with Crippen molar-refractivity contribution < 1.29 is 5.11 Å². The number of hydrogen-bond donors (Lipinski definition) is 3. The molecule has 5 rings (SSSR count). The Hall–Kier alpha value is -2.64. The van der Waals surface area contributed by atoms with Crippen LogP contribution in [0.3, 0.4) is 0 Å². The van der Waals surface area contributed by atoms with Gasteiger partial charge in [0.05, 0.1) is 21.8 Å². The molecule has 0 atom stereocenters. The SMILES string of the molecule is CC(C)(O)C1CCC(c2nc(-c3cc4cccc(Cl)c4[nH]3)c3c(N)ncnn23)CC1. The summed E-state index contributed by atoms with van der Waals surface area (Å²) in [5, 5.41) is 16.5. The van der Waals surface area contributed by atoms with E-state index < -0.39 is 5.60 Å². The third kappa shape index (κ3) is 3.13. The van der Waals surface area contributed by atoms with Gasteiger partial charge >= 0.3 is 0 Å². The number of benzene rings is 1. The number of nitrogen functional groups attached to an aromatic ring is 1. The molecule has 7 nitrogen and oxygen atoms in total. The molecule has 1 saturated carbocycles. The van der Waals surface area contributed by atoms with Crippen molar-refractivity contribution in [1.82, 2.24) is 24.6 Å². The topological polar surface area (TPSA) is 105 Å². The van der Waals surface area contributed by atoms with E-state index in [1.807, 2.05) is 42.6 Å². The lowest BCUT2D eigenvalue weighted by Crippen LogP contribution is -2.33. The molecule has 30 heavy (non-hydrogen) atoms. The maximum absolute atomic E-state index is 10.4. The van der Waals surface area contributed by atoms with E-state index in [1.54, 1.807) is 0 Å². The van der Waals surface area contributed by atoms with E-state index in [0.717, 1.165) is 53.8 Å². The second-order valence-corrected chi connectivity index (χ2v) is 9.22. The van der Waals surface area contributed by atoms with E-state index in [2.05, 4.69) is 15.1 Å². The summed E-state index contributed by atoms with van der Waals surface area (Å²) in [6.45, 7) is 3.80. The lowest BCUT2D eigenvalue weighted by Gasteiger charge is -2.35. The summed E-state index contributed by atoms with van der Waals surface area (Å²) in [5.41, 5.74) is 8.76. The zero-order valence-corrected chi connectivity index (χ0v) is 17.8. The highest BCUT2D eigenvalue weighted by molar-refractivity contribution is 6.35. The largest absolute Gasteiger partial charge is 0.390 e. The van der Waals surface area contributed by atoms with Gasteiger partial charge in [0.15, 0.2) is 5.82 Å². The zero-order valence-electron chi connectivity index (χ0n) is 17.1. The van der Waals surface area contributed by atoms with Crippen molar-refractivity contribution in [3.05, 3.63) is 41.4 Å². The molecule has 8 heteroatoms. The molecule has 1 aliphatic rings. The Bertz CT molecular complexity index is 1230. The number of nitrogens with one attached hydrogen (secondary N) is 1. The number of nitrogens with two attached hydrogens (primary N) is 1. The number of aromatic amines is 1. The molecule has 1 fully saturated rings. The number of H-pyrrole nitrogens is 1. The second-order valence-electron chi connectivity index (χ2n) is 8.81. The predicted molar refractivity (Wildman–Crippen MR) is 118 cm³/mol. The number of aliphatic hydroxyl groups is 1. The third-order valence-electron chi connectivity index (χ3n) is 6.44. The van der Waals surface area contributed by atoms with Crippen molar-refractivity contribution in [2.75, 3.05) is 5.73 Å². The smallest absolute Gasteiger partial charge is 0.153 e. The van der Waals surface area contributed by atoms with Gasteiger partial charge in [-0.25, -0.2) is 14.5 Å². The molecule has 1 aromatic carbocycles. The van der Waals surface area contributed by atoms with Gasteiger partial charge in [-0.05, 0) is 57.6 Å². The lowest BCUT2D eigenvalue weighted by atomic mass is 9.74. The summed E-state index contributed by atoms with van der Waals surface area (Å²) in [4.78, 5) is 12.6. The number of aromatic nitrogens is 5. The van der Waals surface area contributed by atoms with E-state index >= 15 is 0 Å². The van der Waals surface area contributed by atoms with Crippen molar-refractivity contribution in [2.24, 2.45) is 5.92 Å². The molecule has 0 spiro atoms. The van der Waals surface area contributed by atoms with Crippen LogP contribution < -0.4 is 5.73 Å². The van der Waals surface area contributed by atoms with Crippen LogP contribution >= 0.6 is 11.6 Å². The minimum absolute atomic E-state index is 0.257. The number of imidazole rings is 1. The van der Waals surface area contributed by atoms with Crippen molar-refractivity contribution in [1.29, 1.82) is 0 Å². The van der Waals surface area contributed by atoms with Crippen LogP contribution in [0.2, 0.25) is 5.02 Å². The van der Waals surface area contributed by atoms with E-state index in [0.29, 0.717) is 22.3 Å². The first-order valence-corrected chi connectivity index (χ1v) is 10.7. The van der Waals surface area contributed by atoms with E-state index in [4.69, 9.17) is 22.3 Å². The molecule has 3 heterocycles. The van der Waals surface area contributed by atoms with Gasteiger partial charge in [-0.1, -0.05) is 23.7 Å². The average Bonchev–Trinajstić information content (AvgIpc) is 3.31. The number of halogens is 1. The van der Waals surface area contributed by atoms with Crippen LogP contribution in [0, 0.1) is 5.92 Å². The molecule has 4 aromatic rings. The minimum Gasteiger partial charge on any atom is -0.390 e. The van der Waals surface area contributed by atoms with Gasteiger partial charge in [-0.15, -0.1) is 0 Å². The van der Waals surface area contributed by atoms with E-state index in [1.165, 1.54) is 6.33 Å². The first kappa shape index (κ1) is 19.3. The fraction of sp³-hybridized carbons (Fsp3) is 0.409. The highest BCUT2D eigenvalue weighted by Gasteiger charge is 2.34. The van der Waals surface area contributed by atoms with Gasteiger partial charge in [-0.3, -0.25) is 0 Å². The Balaban J connectivity index is 1.60. The van der Waals surface area contributed by atoms with Crippen LogP contribution in [0.5, 0.6) is 0 Å². The molecule has 1 aliphatic carbocycles. The molecule has 3 aromatic heterocycles. The first-order chi connectivity index (χ1) is 14.3. The summed E-state index contributed by atoms with van der Waals surface area (Å²) in [6, 6.07) is 7.83. The molecule has 0 bridgehead atoms. The summed E-state index contributed by atoms with van der Waals surface area (Å²) in [6.07, 6.45) is 5.30. The summed E-state index contributed by atoms with van der Waals surface area (Å²) in [7, 11) is 0. The quantitative estimate of drug-likeness (QED) is 0.447. The molecular formula is C22H25ClN6O. The molecular weight excluding hydrogens is 400 g/mol. The highest BCUT2D eigenvalue weighted by atomic mass is 35.5. The van der Waals surface area contributed by atoms with Crippen LogP contribution in [0.1, 0.15) is 51.3 Å². The lowest BCUT2D eigenvalue weighted by molar-refractivity contribution is -0.00195. The Morgan fingerprint density at radius 3 is 2.70 bits per heavy atom. The van der Waals surface area contributed by atoms with Gasteiger partial charge in [0.1, 0.15) is 23.4 Å². The molecule has 0 radical (unpaired) electrons. The fourth-order valence-corrected chi connectivity index (χ4v) is 4.96. The summed E-state index contributed by atoms with van der Waals surface area (Å²) in [5.74, 6) is 1.85. The predicted octanol–water partition coefficient (Wildman–Crippen LogP) is 4.55. The summed E-state index contributed by atoms with van der Waals surface area (Å²) >= 11 is 6.36. The molecule has 156 valence electrons. The molecule has 0 aliphatic heterocycles. The van der Waals surface area contributed by atoms with Crippen LogP contribution in [0.15, 0.2) is 30.6 Å². The number of fused-ring (bicyclic) bond motifs is 2. The van der Waals surface area contributed by atoms with Gasteiger partial charge in [0, 0.05) is 11.3 Å². The van der Waals surface area contributed by atoms with Crippen molar-refractivity contribution in [3.8, 4) is 11.4 Å². The van der Waals surface area contributed by atoms with Gasteiger partial charge in [0.2, 0.25) is 0 Å². The molecule has 4 N–H and O–H groups in total. The minimum atomic E-state index is -0.652. The number of rotatable bonds is 3. The molecule has 0 saturated heterocycles. The standard InChI is InChI=1S/C22H25ClN6O/c1-22(2,30)14-8-6-12(7-9-14)21-28-18(19-20(24)25-11-26-29(19)21)16-10-13-4-3-5-15(23)17(13)27-16/h3-5,10-12,14,27,30H,6-9H2,1-2H3,(H2,24,25,26). The van der Waals surface area contributed by atoms with Crippen LogP contribution in [0.4, 0.5) is 5.82 Å². The highest BCUT2D eigenvalue weighted by Crippen LogP contribution is 2.41.